The molecule has 0 aliphatic heterocycles. The minimum atomic E-state index is -0.397. The summed E-state index contributed by atoms with van der Waals surface area (Å²) in [5.74, 6) is 0.731. The van der Waals surface area contributed by atoms with E-state index in [4.69, 9.17) is 21.1 Å². The molecule has 0 aliphatic carbocycles. The minimum absolute atomic E-state index is 0.184. The highest BCUT2D eigenvalue weighted by Gasteiger charge is 2.08. The molecule has 132 valence electrons. The van der Waals surface area contributed by atoms with Crippen LogP contribution >= 0.6 is 59.4 Å². The van der Waals surface area contributed by atoms with E-state index in [1.165, 1.54) is 6.21 Å². The van der Waals surface area contributed by atoms with Gasteiger partial charge in [0.05, 0.1) is 22.3 Å². The lowest BCUT2D eigenvalue weighted by Gasteiger charge is -2.08. The molecule has 9 heteroatoms. The number of carbonyl (C=O) groups is 1. The quantitative estimate of drug-likeness (QED) is 0.396. The van der Waals surface area contributed by atoms with Crippen LogP contribution < -0.4 is 14.9 Å². The summed E-state index contributed by atoms with van der Waals surface area (Å²) in [6.45, 7) is -0.184. The van der Waals surface area contributed by atoms with Crippen LogP contribution in [0, 0.1) is 0 Å². The normalized spacial score (nSPS) is 10.8. The molecule has 2 rings (SSSR count). The van der Waals surface area contributed by atoms with E-state index in [1.54, 1.807) is 25.3 Å². The molecule has 1 N–H and O–H groups in total. The molecule has 0 bridgehead atoms. The van der Waals surface area contributed by atoms with Crippen molar-refractivity contribution in [1.82, 2.24) is 5.43 Å². The molecule has 5 nitrogen and oxygen atoms in total. The van der Waals surface area contributed by atoms with Gasteiger partial charge in [-0.05, 0) is 62.2 Å². The standard InChI is InChI=1S/C16H12Br3ClN2O3/c1-24-16-9(4-10(17)5-13(16)19)7-21-22-15(23)8-25-14-3-2-11(20)6-12(14)18/h2-7H,8H2,1H3,(H,22,23)/b21-7-. The van der Waals surface area contributed by atoms with E-state index >= 15 is 0 Å². The van der Waals surface area contributed by atoms with E-state index in [-0.39, 0.29) is 6.61 Å². The van der Waals surface area contributed by atoms with Crippen LogP contribution in [0.1, 0.15) is 5.56 Å². The third-order valence-electron chi connectivity index (χ3n) is 2.89. The highest BCUT2D eigenvalue weighted by Crippen LogP contribution is 2.31. The Morgan fingerprint density at radius 1 is 1.24 bits per heavy atom. The molecule has 0 heterocycles. The van der Waals surface area contributed by atoms with E-state index < -0.39 is 5.91 Å². The van der Waals surface area contributed by atoms with Gasteiger partial charge in [-0.1, -0.05) is 27.5 Å². The summed E-state index contributed by atoms with van der Waals surface area (Å²) in [4.78, 5) is 11.8. The van der Waals surface area contributed by atoms with E-state index in [9.17, 15) is 4.79 Å². The van der Waals surface area contributed by atoms with Crippen LogP contribution in [0.15, 0.2) is 48.9 Å². The third kappa shape index (κ3) is 5.99. The van der Waals surface area contributed by atoms with Crippen molar-refractivity contribution in [3.8, 4) is 11.5 Å². The molecule has 1 amide bonds. The number of rotatable bonds is 6. The maximum Gasteiger partial charge on any atom is 0.277 e. The summed E-state index contributed by atoms with van der Waals surface area (Å²) in [6, 6.07) is 8.71. The molecule has 0 spiro atoms. The van der Waals surface area contributed by atoms with Crippen LogP contribution in [0.4, 0.5) is 0 Å². The fraction of sp³-hybridized carbons (Fsp3) is 0.125. The van der Waals surface area contributed by atoms with Gasteiger partial charge in [0, 0.05) is 15.1 Å². The first-order chi connectivity index (χ1) is 11.9. The Morgan fingerprint density at radius 2 is 2.00 bits per heavy atom. The van der Waals surface area contributed by atoms with Gasteiger partial charge in [0.2, 0.25) is 0 Å². The van der Waals surface area contributed by atoms with Crippen molar-refractivity contribution in [2.24, 2.45) is 5.10 Å². The zero-order valence-electron chi connectivity index (χ0n) is 12.9. The molecule has 0 atom stereocenters. The van der Waals surface area contributed by atoms with Gasteiger partial charge in [-0.15, -0.1) is 0 Å². The molecule has 0 unspecified atom stereocenters. The second-order valence-electron chi connectivity index (χ2n) is 4.67. The number of hydrazone groups is 1. The molecule has 0 radical (unpaired) electrons. The molecule has 2 aromatic carbocycles. The van der Waals surface area contributed by atoms with Gasteiger partial charge < -0.3 is 9.47 Å². The first kappa shape index (κ1) is 20.2. The molecule has 0 saturated carbocycles. The number of nitrogens with zero attached hydrogens (tertiary/aromatic N) is 1. The average Bonchev–Trinajstić information content (AvgIpc) is 2.53. The Balaban J connectivity index is 1.95. The first-order valence-electron chi connectivity index (χ1n) is 6.83. The van der Waals surface area contributed by atoms with Crippen molar-refractivity contribution >= 4 is 71.5 Å². The molecule has 0 saturated heterocycles. The molecular formula is C16H12Br3ClN2O3. The fourth-order valence-electron chi connectivity index (χ4n) is 1.83. The van der Waals surface area contributed by atoms with Crippen LogP contribution in [0.5, 0.6) is 11.5 Å². The van der Waals surface area contributed by atoms with E-state index in [1.807, 2.05) is 12.1 Å². The zero-order chi connectivity index (χ0) is 18.4. The van der Waals surface area contributed by atoms with Crippen molar-refractivity contribution in [2.45, 2.75) is 0 Å². The minimum Gasteiger partial charge on any atom is -0.495 e. The Labute approximate surface area is 175 Å². The SMILES string of the molecule is COc1c(Br)cc(Br)cc1/C=N\NC(=O)COc1ccc(Cl)cc1Br. The van der Waals surface area contributed by atoms with Gasteiger partial charge in [-0.2, -0.15) is 5.10 Å². The highest BCUT2D eigenvalue weighted by atomic mass is 79.9. The maximum atomic E-state index is 11.8. The Hall–Kier alpha value is -1.09. The second kappa shape index (κ2) is 9.56. The van der Waals surface area contributed by atoms with Crippen molar-refractivity contribution in [3.05, 3.63) is 54.3 Å². The smallest absolute Gasteiger partial charge is 0.277 e. The van der Waals surface area contributed by atoms with Crippen LogP contribution in [0.3, 0.4) is 0 Å². The van der Waals surface area contributed by atoms with Crippen LogP contribution in [-0.4, -0.2) is 25.8 Å². The summed E-state index contributed by atoms with van der Waals surface area (Å²) in [6.07, 6.45) is 1.49. The lowest BCUT2D eigenvalue weighted by molar-refractivity contribution is -0.123. The number of amides is 1. The summed E-state index contributed by atoms with van der Waals surface area (Å²) in [5.41, 5.74) is 3.10. The van der Waals surface area contributed by atoms with Gasteiger partial charge >= 0.3 is 0 Å². The number of nitrogens with one attached hydrogen (secondary N) is 1. The van der Waals surface area contributed by atoms with Gasteiger partial charge in [-0.25, -0.2) is 5.43 Å². The Kier molecular flexibility index (Phi) is 7.74. The van der Waals surface area contributed by atoms with Crippen molar-refractivity contribution < 1.29 is 14.3 Å². The first-order valence-corrected chi connectivity index (χ1v) is 9.59. The van der Waals surface area contributed by atoms with Gasteiger partial charge in [0.15, 0.2) is 6.61 Å². The molecule has 0 aliphatic rings. The highest BCUT2D eigenvalue weighted by molar-refractivity contribution is 9.11. The van der Waals surface area contributed by atoms with Crippen LogP contribution in [0.2, 0.25) is 5.02 Å². The molecular weight excluding hydrogens is 543 g/mol. The average molecular weight is 555 g/mol. The molecule has 0 fully saturated rings. The second-order valence-corrected chi connectivity index (χ2v) is 7.73. The number of hydrogen-bond donors (Lipinski definition) is 1. The third-order valence-corrected chi connectivity index (χ3v) is 4.79. The molecule has 0 aromatic heterocycles. The van der Waals surface area contributed by atoms with E-state index in [2.05, 4.69) is 58.3 Å². The topological polar surface area (TPSA) is 59.9 Å². The van der Waals surface area contributed by atoms with Gasteiger partial charge in [0.1, 0.15) is 11.5 Å². The van der Waals surface area contributed by atoms with E-state index in [0.717, 1.165) is 8.95 Å². The van der Waals surface area contributed by atoms with Crippen molar-refractivity contribution in [3.63, 3.8) is 0 Å². The van der Waals surface area contributed by atoms with Gasteiger partial charge in [0.25, 0.3) is 5.91 Å². The number of methoxy groups -OCH3 is 1. The number of benzene rings is 2. The van der Waals surface area contributed by atoms with Gasteiger partial charge in [-0.3, -0.25) is 4.79 Å². The fourth-order valence-corrected chi connectivity index (χ4v) is 4.05. The summed E-state index contributed by atoms with van der Waals surface area (Å²) in [7, 11) is 1.56. The van der Waals surface area contributed by atoms with Crippen LogP contribution in [-0.2, 0) is 4.79 Å². The predicted molar refractivity (Wildman–Crippen MR) is 109 cm³/mol. The number of ether oxygens (including phenoxy) is 2. The van der Waals surface area contributed by atoms with Crippen molar-refractivity contribution in [1.29, 1.82) is 0 Å². The van der Waals surface area contributed by atoms with E-state index in [0.29, 0.717) is 26.6 Å². The molecule has 25 heavy (non-hydrogen) atoms. The number of hydrogen-bond acceptors (Lipinski definition) is 4. The number of carbonyl (C=O) groups excluding carboxylic acids is 1. The summed E-state index contributed by atoms with van der Waals surface area (Å²) in [5, 5.41) is 4.49. The summed E-state index contributed by atoms with van der Waals surface area (Å²) >= 11 is 16.0. The summed E-state index contributed by atoms with van der Waals surface area (Å²) < 4.78 is 13.0. The maximum absolute atomic E-state index is 11.8. The largest absolute Gasteiger partial charge is 0.495 e. The number of halogens is 4. The van der Waals surface area contributed by atoms with Crippen molar-refractivity contribution in [2.75, 3.05) is 13.7 Å². The predicted octanol–water partition coefficient (Wildman–Crippen LogP) is 5.17. The Bertz CT molecular complexity index is 815. The lowest BCUT2D eigenvalue weighted by atomic mass is 10.2. The monoisotopic (exact) mass is 552 g/mol. The lowest BCUT2D eigenvalue weighted by Crippen LogP contribution is -2.24. The molecule has 2 aromatic rings. The zero-order valence-corrected chi connectivity index (χ0v) is 18.4. The van der Waals surface area contributed by atoms with Crippen LogP contribution in [0.25, 0.3) is 0 Å². The Morgan fingerprint density at radius 3 is 2.68 bits per heavy atom.